The van der Waals surface area contributed by atoms with Crippen LogP contribution in [0.2, 0.25) is 0 Å². The van der Waals surface area contributed by atoms with Crippen LogP contribution in [-0.4, -0.2) is 48.2 Å². The van der Waals surface area contributed by atoms with Crippen molar-refractivity contribution in [1.29, 1.82) is 0 Å². The molecule has 1 atom stereocenters. The van der Waals surface area contributed by atoms with Gasteiger partial charge in [-0.2, -0.15) is 0 Å². The van der Waals surface area contributed by atoms with Crippen molar-refractivity contribution in [3.8, 4) is 5.75 Å². The van der Waals surface area contributed by atoms with E-state index in [4.69, 9.17) is 14.6 Å². The number of amides is 2. The number of hydrogen-bond donors (Lipinski definition) is 4. The Kier molecular flexibility index (Phi) is 41.4. The first kappa shape index (κ1) is 57.6. The fourth-order valence-electron chi connectivity index (χ4n) is 3.53. The summed E-state index contributed by atoms with van der Waals surface area (Å²) in [7, 11) is 0. The van der Waals surface area contributed by atoms with Crippen LogP contribution in [0.4, 0.5) is 16.2 Å². The van der Waals surface area contributed by atoms with Gasteiger partial charge in [0, 0.05) is 36.0 Å². The van der Waals surface area contributed by atoms with Gasteiger partial charge in [-0.25, -0.2) is 4.79 Å². The largest absolute Gasteiger partial charge is 0.489 e. The van der Waals surface area contributed by atoms with Crippen LogP contribution in [0.3, 0.4) is 0 Å². The molecule has 0 fully saturated rings. The fourth-order valence-corrected chi connectivity index (χ4v) is 3.53. The van der Waals surface area contributed by atoms with E-state index in [0.29, 0.717) is 37.6 Å². The molecule has 3 rings (SSSR count). The molecular weight excluding hydrogens is 725 g/mol. The number of hydrogen-bond acceptors (Lipinski definition) is 8. The monoisotopic (exact) mass is 793 g/mol. The highest BCUT2D eigenvalue weighted by Crippen LogP contribution is 2.19. The number of nitrogens with one attached hydrogen (secondary N) is 3. The van der Waals surface area contributed by atoms with E-state index in [1.165, 1.54) is 23.8 Å². The molecule has 12 heteroatoms. The lowest BCUT2D eigenvalue weighted by atomic mass is 10.0. The fraction of sp³-hybridized carbons (Fsp3) is 0.356. The van der Waals surface area contributed by atoms with E-state index < -0.39 is 11.0 Å². The number of nitrogens with zero attached hydrogens (tertiary/aromatic N) is 1. The lowest BCUT2D eigenvalue weighted by molar-refractivity contribution is -0.384. The molecule has 0 bridgehead atoms. The van der Waals surface area contributed by atoms with Crippen molar-refractivity contribution in [2.75, 3.05) is 25.0 Å². The zero-order valence-electron chi connectivity index (χ0n) is 35.6. The van der Waals surface area contributed by atoms with Crippen LogP contribution in [0, 0.1) is 16.0 Å². The molecule has 316 valence electrons. The Morgan fingerprint density at radius 3 is 1.84 bits per heavy atom. The second kappa shape index (κ2) is 41.0. The van der Waals surface area contributed by atoms with E-state index in [1.807, 2.05) is 110 Å². The van der Waals surface area contributed by atoms with Gasteiger partial charge in [-0.05, 0) is 55.2 Å². The highest BCUT2D eigenvalue weighted by molar-refractivity contribution is 5.79. The highest BCUT2D eigenvalue weighted by Gasteiger charge is 2.13. The summed E-state index contributed by atoms with van der Waals surface area (Å²) in [4.78, 5) is 41.5. The first-order valence-electron chi connectivity index (χ1n) is 19.0. The summed E-state index contributed by atoms with van der Waals surface area (Å²) in [5.74, 6) is 0.421. The van der Waals surface area contributed by atoms with E-state index in [2.05, 4.69) is 53.9 Å². The topological polar surface area (TPSA) is 169 Å². The summed E-state index contributed by atoms with van der Waals surface area (Å²) < 4.78 is 10.2. The van der Waals surface area contributed by atoms with Crippen LogP contribution in [0.25, 0.3) is 0 Å². The molecule has 0 aliphatic heterocycles. The van der Waals surface area contributed by atoms with Crippen LogP contribution in [-0.2, 0) is 27.4 Å². The summed E-state index contributed by atoms with van der Waals surface area (Å²) in [6.07, 6.45) is 4.44. The number of carbonyl (C=O) groups excluding carboxylic acids is 2. The molecule has 3 aromatic rings. The maximum Gasteiger partial charge on any atom is 0.407 e. The molecular formula is C45H68N4O8. The molecule has 0 radical (unpaired) electrons. The number of allylic oxidation sites excluding steroid dienone is 1. The number of nitro groups is 1. The maximum atomic E-state index is 12.4. The molecule has 3 aromatic carbocycles. The first-order chi connectivity index (χ1) is 27.4. The Hall–Kier alpha value is -6.17. The highest BCUT2D eigenvalue weighted by atomic mass is 16.6. The molecule has 57 heavy (non-hydrogen) atoms. The minimum atomic E-state index is -0.445. The van der Waals surface area contributed by atoms with Crippen molar-refractivity contribution in [1.82, 2.24) is 10.6 Å². The smallest absolute Gasteiger partial charge is 0.407 e. The molecule has 0 saturated carbocycles. The van der Waals surface area contributed by atoms with E-state index in [-0.39, 0.29) is 30.6 Å². The summed E-state index contributed by atoms with van der Waals surface area (Å²) in [6.45, 7) is 33.6. The van der Waals surface area contributed by atoms with Gasteiger partial charge in [-0.3, -0.25) is 19.7 Å². The first-order valence-corrected chi connectivity index (χ1v) is 19.0. The molecule has 2 amide bonds. The summed E-state index contributed by atoms with van der Waals surface area (Å²) in [6, 6.07) is 23.6. The average Bonchev–Trinajstić information content (AvgIpc) is 3.24. The van der Waals surface area contributed by atoms with Gasteiger partial charge in [-0.1, -0.05) is 129 Å². The van der Waals surface area contributed by atoms with Gasteiger partial charge in [0.25, 0.3) is 12.2 Å². The molecule has 0 aromatic heterocycles. The average molecular weight is 793 g/mol. The summed E-state index contributed by atoms with van der Waals surface area (Å²) in [5.41, 5.74) is 4.91. The molecule has 1 unspecified atom stereocenters. The normalized spacial score (nSPS) is 9.14. The van der Waals surface area contributed by atoms with Crippen LogP contribution in [0.1, 0.15) is 79.9 Å². The van der Waals surface area contributed by atoms with E-state index >= 15 is 0 Å². The van der Waals surface area contributed by atoms with Gasteiger partial charge in [0.2, 0.25) is 5.91 Å². The second-order valence-electron chi connectivity index (χ2n) is 10.7. The van der Waals surface area contributed by atoms with Crippen molar-refractivity contribution in [2.45, 2.75) is 81.8 Å². The van der Waals surface area contributed by atoms with Gasteiger partial charge < -0.3 is 30.5 Å². The Bertz CT molecular complexity index is 1500. The van der Waals surface area contributed by atoms with Crippen LogP contribution in [0.15, 0.2) is 129 Å². The van der Waals surface area contributed by atoms with Gasteiger partial charge in [0.15, 0.2) is 0 Å². The predicted molar refractivity (Wildman–Crippen MR) is 237 cm³/mol. The number of ether oxygens (including phenoxy) is 2. The Labute approximate surface area is 341 Å². The number of alkyl carbamates (subject to hydrolysis) is 1. The standard InChI is InChI=1S/C26H27N3O4.C7H11NO2.C5H10.3C2H6.CH2O2/c1-19(16-21-6-4-3-5-7-21)26(30)27-17-20(2)28-23-10-8-22(9-11-23)18-33-25-14-12-24(13-15-25)29(31)32;1-3-5-8-7(9)10-6-4-2;1-4-5(2)3;3*1-2;2-1-3/h3-15,19,28H,2,16-18H2,1H3,(H,27,30);3-4H,1-2,5-6H2,(H,8,9);2,4H2,1,3H3;3*1-2H3;1H,(H,2,3). The Morgan fingerprint density at radius 2 is 1.39 bits per heavy atom. The number of carbonyl (C=O) groups is 3. The Morgan fingerprint density at radius 1 is 0.860 bits per heavy atom. The van der Waals surface area contributed by atoms with E-state index in [9.17, 15) is 19.7 Å². The van der Waals surface area contributed by atoms with E-state index in [0.717, 1.165) is 23.2 Å². The molecule has 0 aliphatic carbocycles. The molecule has 0 aliphatic rings. The number of nitro benzene ring substituents is 1. The van der Waals surface area contributed by atoms with Crippen molar-refractivity contribution in [3.63, 3.8) is 0 Å². The lowest BCUT2D eigenvalue weighted by Gasteiger charge is -2.15. The maximum absolute atomic E-state index is 12.4. The summed E-state index contributed by atoms with van der Waals surface area (Å²) >= 11 is 0. The number of carboxylic acid groups (broad SMARTS) is 1. The zero-order chi connectivity index (χ0) is 44.4. The van der Waals surface area contributed by atoms with Gasteiger partial charge in [0.05, 0.1) is 11.5 Å². The molecule has 12 nitrogen and oxygen atoms in total. The second-order valence-corrected chi connectivity index (χ2v) is 10.7. The zero-order valence-corrected chi connectivity index (χ0v) is 35.6. The van der Waals surface area contributed by atoms with E-state index in [1.54, 1.807) is 18.2 Å². The van der Waals surface area contributed by atoms with Crippen LogP contribution < -0.4 is 20.7 Å². The third-order valence-electron chi connectivity index (χ3n) is 6.36. The number of anilines is 1. The summed E-state index contributed by atoms with van der Waals surface area (Å²) in [5, 5.41) is 26.1. The predicted octanol–water partition coefficient (Wildman–Crippen LogP) is 10.9. The quantitative estimate of drug-likeness (QED) is 0.0477. The van der Waals surface area contributed by atoms with Gasteiger partial charge in [0.1, 0.15) is 19.0 Å². The Balaban J connectivity index is -0.000000482. The molecule has 0 spiro atoms. The van der Waals surface area contributed by atoms with Crippen molar-refractivity contribution < 1.29 is 33.9 Å². The minimum Gasteiger partial charge on any atom is -0.489 e. The molecule has 4 N–H and O–H groups in total. The number of rotatable bonds is 16. The SMILES string of the molecule is C=C(C)CC.C=C(CNC(=O)C(C)Cc1ccccc1)Nc1ccc(COc2ccc([N+](=O)[O-])cc2)cc1.C=CCNC(=O)OCC=C.CC.CC.CC.O=CO. The van der Waals surface area contributed by atoms with Crippen LogP contribution in [0.5, 0.6) is 5.75 Å². The third-order valence-corrected chi connectivity index (χ3v) is 6.36. The lowest BCUT2D eigenvalue weighted by Crippen LogP contribution is -2.32. The number of non-ortho nitro benzene ring substituents is 1. The van der Waals surface area contributed by atoms with Crippen molar-refractivity contribution in [2.24, 2.45) is 5.92 Å². The minimum absolute atomic E-state index is 0.0134. The molecule has 0 saturated heterocycles. The number of benzene rings is 3. The van der Waals surface area contributed by atoms with Gasteiger partial charge >= 0.3 is 6.09 Å². The van der Waals surface area contributed by atoms with Crippen LogP contribution >= 0.6 is 0 Å². The van der Waals surface area contributed by atoms with Gasteiger partial charge in [-0.15, -0.1) is 13.2 Å². The molecule has 0 heterocycles. The van der Waals surface area contributed by atoms with Crippen molar-refractivity contribution in [3.05, 3.63) is 150 Å². The van der Waals surface area contributed by atoms with Crippen molar-refractivity contribution >= 4 is 29.8 Å². The third kappa shape index (κ3) is 34.1.